The minimum absolute atomic E-state index is 0.0145. The highest BCUT2D eigenvalue weighted by molar-refractivity contribution is 7.45. The summed E-state index contributed by atoms with van der Waals surface area (Å²) >= 11 is 0. The summed E-state index contributed by atoms with van der Waals surface area (Å²) in [6.07, 6.45) is 12.3. The maximum Gasteiger partial charge on any atom is 0.351 e. The highest BCUT2D eigenvalue weighted by Crippen LogP contribution is 2.47. The minimum atomic E-state index is -4.97. The molecular weight excluding hydrogens is 862 g/mol. The smallest absolute Gasteiger partial charge is 0.351 e. The normalized spacial score (nSPS) is 24.3. The van der Waals surface area contributed by atoms with Crippen LogP contribution in [0, 0.1) is 5.92 Å². The number of aromatic nitrogens is 4. The van der Waals surface area contributed by atoms with Crippen LogP contribution in [0.2, 0.25) is 0 Å². The zero-order valence-corrected chi connectivity index (χ0v) is 40.6. The molecule has 0 bridgehead atoms. The molecule has 4 heterocycles. The number of hydrogen-bond acceptors (Lipinski definition) is 16. The maximum atomic E-state index is 14.8. The number of anilines is 2. The van der Waals surface area contributed by atoms with Crippen molar-refractivity contribution in [3.8, 4) is 0 Å². The van der Waals surface area contributed by atoms with E-state index in [2.05, 4.69) is 16.9 Å². The standard InChI is InChI=1S/C45H78N7O12P/c1-8-9-10-11-12-13-14-15-16-17-18-19-20-21-22-25-50(38(53)28-33-35(30-60-31(2)3)62-42(39(33)58-6)51-26-23-36(46)48-44(51)54)29-34-40(64-65(56,57)63-32(4)5)41(59-7)43(61-34)52-27-24-37(47)49-45(52)55/h23-24,26-27,31-35,39-43H,8-22,25,28-30H2,1-7H3,(H,56,57)(H2,46,48,54)(H2,47,49,55)/p-1/t33?,34-,35-,39?,40?,41?,42-,43-/m1/s1. The van der Waals surface area contributed by atoms with Gasteiger partial charge in [0.15, 0.2) is 12.5 Å². The average Bonchev–Trinajstić information content (AvgIpc) is 3.75. The molecule has 2 aliphatic heterocycles. The largest absolute Gasteiger partial charge is 0.756 e. The number of unbranched alkanes of at least 4 members (excludes halogenated alkanes) is 14. The Morgan fingerprint density at radius 3 is 1.69 bits per heavy atom. The van der Waals surface area contributed by atoms with Gasteiger partial charge in [-0.1, -0.05) is 96.8 Å². The second kappa shape index (κ2) is 27.5. The number of carbonyl (C=O) groups excluding carboxylic acids is 1. The summed E-state index contributed by atoms with van der Waals surface area (Å²) < 4.78 is 57.2. The van der Waals surface area contributed by atoms with Crippen molar-refractivity contribution >= 4 is 25.4 Å². The Labute approximate surface area is 384 Å². The molecule has 2 saturated heterocycles. The summed E-state index contributed by atoms with van der Waals surface area (Å²) in [6, 6.07) is 2.89. The van der Waals surface area contributed by atoms with Gasteiger partial charge >= 0.3 is 11.4 Å². The van der Waals surface area contributed by atoms with E-state index in [0.29, 0.717) is 13.0 Å². The molecule has 9 atom stereocenters. The van der Waals surface area contributed by atoms with Crippen molar-refractivity contribution in [3.63, 3.8) is 0 Å². The molecule has 0 saturated carbocycles. The summed E-state index contributed by atoms with van der Waals surface area (Å²) in [7, 11) is -2.14. The van der Waals surface area contributed by atoms with Crippen molar-refractivity contribution in [1.29, 1.82) is 0 Å². The van der Waals surface area contributed by atoms with E-state index in [4.69, 9.17) is 44.2 Å². The van der Waals surface area contributed by atoms with Gasteiger partial charge in [0.2, 0.25) is 5.91 Å². The molecule has 5 unspecified atom stereocenters. The molecular formula is C45H77N7O12P-. The molecule has 1 amide bonds. The number of phosphoric acid groups is 1. The van der Waals surface area contributed by atoms with E-state index in [1.165, 1.54) is 108 Å². The predicted octanol–water partition coefficient (Wildman–Crippen LogP) is 5.90. The number of rotatable bonds is 31. The highest BCUT2D eigenvalue weighted by Gasteiger charge is 2.51. The average molecular weight is 939 g/mol. The van der Waals surface area contributed by atoms with E-state index in [9.17, 15) is 23.8 Å². The van der Waals surface area contributed by atoms with Gasteiger partial charge in [-0.05, 0) is 46.2 Å². The first-order chi connectivity index (χ1) is 31.1. The number of ether oxygens (including phenoxy) is 5. The molecule has 2 aromatic rings. The molecule has 19 nitrogen and oxygen atoms in total. The number of nitrogens with zero attached hydrogens (tertiary/aromatic N) is 5. The number of hydrogen-bond donors (Lipinski definition) is 2. The summed E-state index contributed by atoms with van der Waals surface area (Å²) in [5, 5.41) is 0. The SMILES string of the molecule is CCCCCCCCCCCCCCCCCN(C[C@H]1O[C@@H](n2ccc(N)nc2=O)C(OC)C1OP(=O)([O-])OC(C)C)C(=O)CC1C(OC)[C@H](n2ccc(N)nc2=O)O[C@@H]1COC(C)C. The van der Waals surface area contributed by atoms with Crippen LogP contribution in [-0.4, -0.2) is 107 Å². The van der Waals surface area contributed by atoms with E-state index in [1.807, 2.05) is 13.8 Å². The summed E-state index contributed by atoms with van der Waals surface area (Å²) in [6.45, 7) is 9.39. The second-order valence-corrected chi connectivity index (χ2v) is 19.1. The minimum Gasteiger partial charge on any atom is -0.756 e. The third kappa shape index (κ3) is 17.1. The van der Waals surface area contributed by atoms with Crippen molar-refractivity contribution in [2.75, 3.05) is 45.4 Å². The Balaban J connectivity index is 1.55. The van der Waals surface area contributed by atoms with Crippen LogP contribution in [-0.2, 0) is 42.1 Å². The summed E-state index contributed by atoms with van der Waals surface area (Å²) in [5.74, 6) is -0.866. The predicted molar refractivity (Wildman–Crippen MR) is 245 cm³/mol. The van der Waals surface area contributed by atoms with Gasteiger partial charge in [0.1, 0.15) is 36.1 Å². The van der Waals surface area contributed by atoms with Crippen LogP contribution < -0.4 is 27.7 Å². The topological polar surface area (TPSA) is 247 Å². The Morgan fingerprint density at radius 2 is 1.23 bits per heavy atom. The third-order valence-corrected chi connectivity index (χ3v) is 13.1. The molecule has 4 rings (SSSR count). The number of nitrogen functional groups attached to an aromatic ring is 2. The Bertz CT molecular complexity index is 1880. The lowest BCUT2D eigenvalue weighted by Gasteiger charge is -2.34. The fraction of sp³-hybridized carbons (Fsp3) is 0.800. The molecule has 0 aliphatic carbocycles. The Hall–Kier alpha value is -3.26. The first-order valence-corrected chi connectivity index (χ1v) is 25.2. The summed E-state index contributed by atoms with van der Waals surface area (Å²) in [5.41, 5.74) is 10.2. The zero-order chi connectivity index (χ0) is 47.5. The van der Waals surface area contributed by atoms with Crippen LogP contribution in [0.4, 0.5) is 11.6 Å². The lowest BCUT2D eigenvalue weighted by Crippen LogP contribution is -2.46. The lowest BCUT2D eigenvalue weighted by molar-refractivity contribution is -0.236. The quantitative estimate of drug-likeness (QED) is 0.0660. The number of carbonyl (C=O) groups is 1. The number of phosphoric ester groups is 1. The van der Waals surface area contributed by atoms with Crippen LogP contribution in [0.15, 0.2) is 34.1 Å². The first kappa shape index (κ1) is 54.3. The van der Waals surface area contributed by atoms with Gasteiger partial charge in [0, 0.05) is 52.0 Å². The monoisotopic (exact) mass is 939 g/mol. The van der Waals surface area contributed by atoms with Gasteiger partial charge in [-0.3, -0.25) is 18.5 Å². The van der Waals surface area contributed by atoms with Gasteiger partial charge in [-0.2, -0.15) is 9.97 Å². The Morgan fingerprint density at radius 1 is 0.754 bits per heavy atom. The van der Waals surface area contributed by atoms with Gasteiger partial charge in [-0.25, -0.2) is 9.59 Å². The van der Waals surface area contributed by atoms with Gasteiger partial charge in [0.25, 0.3) is 7.82 Å². The molecule has 370 valence electrons. The van der Waals surface area contributed by atoms with Crippen LogP contribution in [0.3, 0.4) is 0 Å². The van der Waals surface area contributed by atoms with Gasteiger partial charge in [-0.15, -0.1) is 0 Å². The van der Waals surface area contributed by atoms with Crippen molar-refractivity contribution in [3.05, 3.63) is 45.5 Å². The molecule has 20 heteroatoms. The number of nitrogens with two attached hydrogens (primary N) is 2. The van der Waals surface area contributed by atoms with E-state index in [-0.39, 0.29) is 43.2 Å². The van der Waals surface area contributed by atoms with Crippen LogP contribution >= 0.6 is 7.82 Å². The van der Waals surface area contributed by atoms with Crippen molar-refractivity contribution < 1.29 is 47.0 Å². The van der Waals surface area contributed by atoms with E-state index in [1.54, 1.807) is 18.7 Å². The highest BCUT2D eigenvalue weighted by atomic mass is 31.2. The van der Waals surface area contributed by atoms with Gasteiger partial charge in [0.05, 0.1) is 24.9 Å². The van der Waals surface area contributed by atoms with E-state index in [0.717, 1.165) is 30.3 Å². The van der Waals surface area contributed by atoms with Crippen LogP contribution in [0.5, 0.6) is 0 Å². The van der Waals surface area contributed by atoms with E-state index < -0.39 is 74.2 Å². The van der Waals surface area contributed by atoms with Crippen molar-refractivity contribution in [2.45, 2.75) is 193 Å². The zero-order valence-electron chi connectivity index (χ0n) is 39.8. The molecule has 2 aliphatic rings. The summed E-state index contributed by atoms with van der Waals surface area (Å²) in [4.78, 5) is 63.5. The number of amides is 1. The lowest BCUT2D eigenvalue weighted by atomic mass is 9.93. The molecule has 65 heavy (non-hydrogen) atoms. The fourth-order valence-corrected chi connectivity index (χ4v) is 9.78. The third-order valence-electron chi connectivity index (χ3n) is 12.0. The van der Waals surface area contributed by atoms with Crippen LogP contribution in [0.1, 0.15) is 150 Å². The molecule has 0 spiro atoms. The number of methoxy groups -OCH3 is 2. The van der Waals surface area contributed by atoms with Crippen LogP contribution in [0.25, 0.3) is 0 Å². The van der Waals surface area contributed by atoms with Crippen molar-refractivity contribution in [1.82, 2.24) is 24.0 Å². The first-order valence-electron chi connectivity index (χ1n) is 23.7. The van der Waals surface area contributed by atoms with Gasteiger partial charge < -0.3 is 54.0 Å². The second-order valence-electron chi connectivity index (χ2n) is 17.8. The molecule has 4 N–H and O–H groups in total. The Kier molecular flexibility index (Phi) is 23.0. The van der Waals surface area contributed by atoms with E-state index >= 15 is 0 Å². The molecule has 2 aromatic heterocycles. The maximum absolute atomic E-state index is 14.8. The molecule has 2 fully saturated rings. The van der Waals surface area contributed by atoms with Crippen molar-refractivity contribution in [2.24, 2.45) is 5.92 Å². The fourth-order valence-electron chi connectivity index (χ4n) is 8.66. The molecule has 0 radical (unpaired) electrons. The molecule has 0 aromatic carbocycles.